The van der Waals surface area contributed by atoms with Gasteiger partial charge in [-0.15, -0.1) is 0 Å². The molecule has 0 unspecified atom stereocenters. The van der Waals surface area contributed by atoms with Gasteiger partial charge in [0.15, 0.2) is 0 Å². The number of nitrogens with zero attached hydrogens (tertiary/aromatic N) is 3. The minimum Gasteiger partial charge on any atom is -0.475 e. The van der Waals surface area contributed by atoms with Crippen molar-refractivity contribution >= 4 is 16.6 Å². The van der Waals surface area contributed by atoms with Crippen LogP contribution in [0.4, 0.5) is 5.82 Å². The topological polar surface area (TPSA) is 58.5 Å². The van der Waals surface area contributed by atoms with Crippen molar-refractivity contribution in [1.29, 1.82) is 0 Å². The first-order chi connectivity index (χ1) is 13.8. The van der Waals surface area contributed by atoms with Gasteiger partial charge in [-0.05, 0) is 36.3 Å². The van der Waals surface area contributed by atoms with E-state index in [1.54, 1.807) is 6.20 Å². The van der Waals surface area contributed by atoms with Crippen LogP contribution >= 0.6 is 0 Å². The Balaban J connectivity index is 1.68. The number of anilines is 1. The summed E-state index contributed by atoms with van der Waals surface area (Å²) in [5, 5.41) is 11.3. The highest BCUT2D eigenvalue weighted by molar-refractivity contribution is 5.95. The molecule has 0 bridgehead atoms. The molecule has 0 spiro atoms. The average molecular weight is 377 g/mol. The average Bonchev–Trinajstić information content (AvgIpc) is 2.77. The molecule has 28 heavy (non-hydrogen) atoms. The second-order valence-corrected chi connectivity index (χ2v) is 7.35. The lowest BCUT2D eigenvalue weighted by Crippen LogP contribution is -2.34. The van der Waals surface area contributed by atoms with Gasteiger partial charge < -0.3 is 14.7 Å². The number of hydrogen-bond acceptors (Lipinski definition) is 5. The van der Waals surface area contributed by atoms with Crippen LogP contribution in [-0.2, 0) is 0 Å². The molecular formula is C23H27N3O2. The molecule has 1 fully saturated rings. The molecule has 3 aromatic rings. The Bertz CT molecular complexity index is 919. The van der Waals surface area contributed by atoms with E-state index in [1.807, 2.05) is 12.1 Å². The Hall–Kier alpha value is -2.66. The van der Waals surface area contributed by atoms with E-state index < -0.39 is 0 Å². The molecule has 0 radical (unpaired) electrons. The van der Waals surface area contributed by atoms with Crippen molar-refractivity contribution in [3.63, 3.8) is 0 Å². The van der Waals surface area contributed by atoms with Crippen LogP contribution in [0.2, 0.25) is 0 Å². The molecule has 2 aromatic heterocycles. The number of benzene rings is 1. The lowest BCUT2D eigenvalue weighted by atomic mass is 9.94. The number of piperidine rings is 1. The van der Waals surface area contributed by atoms with Crippen molar-refractivity contribution < 1.29 is 9.84 Å². The van der Waals surface area contributed by atoms with E-state index in [0.717, 1.165) is 36.1 Å². The third kappa shape index (κ3) is 3.94. The van der Waals surface area contributed by atoms with Crippen molar-refractivity contribution in [3.8, 4) is 17.1 Å². The Labute approximate surface area is 166 Å². The second-order valence-electron chi connectivity index (χ2n) is 7.35. The molecule has 1 N–H and O–H groups in total. The number of fused-ring (bicyclic) bond motifs is 1. The lowest BCUT2D eigenvalue weighted by Gasteiger charge is -2.33. The van der Waals surface area contributed by atoms with Crippen molar-refractivity contribution in [2.24, 2.45) is 5.92 Å². The van der Waals surface area contributed by atoms with E-state index in [0.29, 0.717) is 5.88 Å². The van der Waals surface area contributed by atoms with E-state index in [-0.39, 0.29) is 13.2 Å². The van der Waals surface area contributed by atoms with Gasteiger partial charge in [-0.1, -0.05) is 37.6 Å². The van der Waals surface area contributed by atoms with Gasteiger partial charge in [-0.2, -0.15) is 0 Å². The predicted molar refractivity (Wildman–Crippen MR) is 113 cm³/mol. The summed E-state index contributed by atoms with van der Waals surface area (Å²) < 4.78 is 5.37. The fourth-order valence-corrected chi connectivity index (χ4v) is 3.89. The molecule has 0 amide bonds. The summed E-state index contributed by atoms with van der Waals surface area (Å²) in [7, 11) is 0. The second kappa shape index (κ2) is 8.57. The quantitative estimate of drug-likeness (QED) is 0.694. The van der Waals surface area contributed by atoms with E-state index in [1.165, 1.54) is 30.0 Å². The van der Waals surface area contributed by atoms with Crippen LogP contribution in [-0.4, -0.2) is 41.4 Å². The standard InChI is InChI=1S/C23H27N3O2/c1-2-17-9-11-26(12-10-17)23-20-6-4-3-5-18(20)15-21(25-23)19-7-8-22(24-16-19)28-14-13-27/h3-8,15-17,27H,2,9-14H2,1H3. The molecule has 0 aliphatic carbocycles. The highest BCUT2D eigenvalue weighted by Crippen LogP contribution is 2.33. The van der Waals surface area contributed by atoms with Gasteiger partial charge in [0.05, 0.1) is 12.3 Å². The summed E-state index contributed by atoms with van der Waals surface area (Å²) in [5.41, 5.74) is 1.89. The molecule has 4 rings (SSSR count). The van der Waals surface area contributed by atoms with E-state index in [2.05, 4.69) is 47.1 Å². The van der Waals surface area contributed by atoms with Crippen LogP contribution in [0.3, 0.4) is 0 Å². The molecule has 1 saturated heterocycles. The van der Waals surface area contributed by atoms with Gasteiger partial charge in [-0.3, -0.25) is 0 Å². The molecule has 0 atom stereocenters. The molecule has 0 saturated carbocycles. The third-order valence-corrected chi connectivity index (χ3v) is 5.59. The largest absolute Gasteiger partial charge is 0.475 e. The summed E-state index contributed by atoms with van der Waals surface area (Å²) in [5.74, 6) is 2.42. The number of aromatic nitrogens is 2. The van der Waals surface area contributed by atoms with Gasteiger partial charge >= 0.3 is 0 Å². The summed E-state index contributed by atoms with van der Waals surface area (Å²) >= 11 is 0. The summed E-state index contributed by atoms with van der Waals surface area (Å²) in [6.07, 6.45) is 5.51. The normalized spacial score (nSPS) is 15.1. The van der Waals surface area contributed by atoms with Crippen LogP contribution in [0.25, 0.3) is 22.0 Å². The van der Waals surface area contributed by atoms with Crippen molar-refractivity contribution in [2.75, 3.05) is 31.2 Å². The Morgan fingerprint density at radius 2 is 1.96 bits per heavy atom. The fraction of sp³-hybridized carbons (Fsp3) is 0.391. The summed E-state index contributed by atoms with van der Waals surface area (Å²) in [6.45, 7) is 4.64. The lowest BCUT2D eigenvalue weighted by molar-refractivity contribution is 0.196. The zero-order valence-corrected chi connectivity index (χ0v) is 16.3. The molecule has 1 aromatic carbocycles. The van der Waals surface area contributed by atoms with Crippen molar-refractivity contribution in [1.82, 2.24) is 9.97 Å². The highest BCUT2D eigenvalue weighted by Gasteiger charge is 2.21. The van der Waals surface area contributed by atoms with Crippen LogP contribution in [0.15, 0.2) is 48.7 Å². The van der Waals surface area contributed by atoms with Crippen LogP contribution < -0.4 is 9.64 Å². The SMILES string of the molecule is CCC1CCN(c2nc(-c3ccc(OCCO)nc3)cc3ccccc23)CC1. The molecule has 146 valence electrons. The van der Waals surface area contributed by atoms with Gasteiger partial charge in [0.25, 0.3) is 0 Å². The molecular weight excluding hydrogens is 350 g/mol. The zero-order chi connectivity index (χ0) is 19.3. The van der Waals surface area contributed by atoms with Gasteiger partial charge in [0, 0.05) is 36.3 Å². The number of hydrogen-bond donors (Lipinski definition) is 1. The summed E-state index contributed by atoms with van der Waals surface area (Å²) in [4.78, 5) is 11.8. The van der Waals surface area contributed by atoms with E-state index in [4.69, 9.17) is 14.8 Å². The molecule has 3 heterocycles. The minimum atomic E-state index is -0.0201. The number of aliphatic hydroxyl groups excluding tert-OH is 1. The minimum absolute atomic E-state index is 0.0201. The first-order valence-electron chi connectivity index (χ1n) is 10.1. The number of rotatable bonds is 6. The third-order valence-electron chi connectivity index (χ3n) is 5.59. The molecule has 1 aliphatic rings. The first kappa shape index (κ1) is 18.7. The number of ether oxygens (including phenoxy) is 1. The van der Waals surface area contributed by atoms with E-state index >= 15 is 0 Å². The fourth-order valence-electron chi connectivity index (χ4n) is 3.89. The molecule has 5 nitrogen and oxygen atoms in total. The molecule has 1 aliphatic heterocycles. The maximum absolute atomic E-state index is 8.88. The number of aliphatic hydroxyl groups is 1. The highest BCUT2D eigenvalue weighted by atomic mass is 16.5. The Morgan fingerprint density at radius 1 is 1.14 bits per heavy atom. The summed E-state index contributed by atoms with van der Waals surface area (Å²) in [6, 6.07) is 14.4. The zero-order valence-electron chi connectivity index (χ0n) is 16.3. The van der Waals surface area contributed by atoms with E-state index in [9.17, 15) is 0 Å². The van der Waals surface area contributed by atoms with Crippen LogP contribution in [0.1, 0.15) is 26.2 Å². The van der Waals surface area contributed by atoms with Gasteiger partial charge in [-0.25, -0.2) is 9.97 Å². The first-order valence-corrected chi connectivity index (χ1v) is 10.1. The van der Waals surface area contributed by atoms with Crippen molar-refractivity contribution in [3.05, 3.63) is 48.7 Å². The van der Waals surface area contributed by atoms with Crippen molar-refractivity contribution in [2.45, 2.75) is 26.2 Å². The smallest absolute Gasteiger partial charge is 0.213 e. The maximum Gasteiger partial charge on any atom is 0.213 e. The van der Waals surface area contributed by atoms with Gasteiger partial charge in [0.2, 0.25) is 5.88 Å². The monoisotopic (exact) mass is 377 g/mol. The Morgan fingerprint density at radius 3 is 2.68 bits per heavy atom. The van der Waals surface area contributed by atoms with Crippen LogP contribution in [0.5, 0.6) is 5.88 Å². The Kier molecular flexibility index (Phi) is 5.72. The predicted octanol–water partition coefficient (Wildman–Crippen LogP) is 4.29. The maximum atomic E-state index is 8.88. The number of pyridine rings is 2. The van der Waals surface area contributed by atoms with Crippen LogP contribution in [0, 0.1) is 5.92 Å². The van der Waals surface area contributed by atoms with Gasteiger partial charge in [0.1, 0.15) is 12.4 Å². The molecule has 5 heteroatoms.